The van der Waals surface area contributed by atoms with E-state index in [1.165, 1.54) is 27.7 Å². The van der Waals surface area contributed by atoms with Gasteiger partial charge in [0, 0.05) is 50.5 Å². The van der Waals surface area contributed by atoms with Crippen molar-refractivity contribution in [2.45, 2.75) is 11.8 Å². The van der Waals surface area contributed by atoms with E-state index >= 15 is 0 Å². The highest BCUT2D eigenvalue weighted by molar-refractivity contribution is 7.89. The summed E-state index contributed by atoms with van der Waals surface area (Å²) in [4.78, 5) is 17.2. The SMILES string of the molecule is Cc1cccc(N2CCN(C(=O)c3ccc(S(=O)(=O)N4CCOCC4)cc3)CC2)c1. The van der Waals surface area contributed by atoms with Crippen LogP contribution >= 0.6 is 0 Å². The zero-order chi connectivity index (χ0) is 21.1. The summed E-state index contributed by atoms with van der Waals surface area (Å²) >= 11 is 0. The zero-order valence-corrected chi connectivity index (χ0v) is 18.0. The number of aryl methyl sites for hydroxylation is 1. The maximum atomic E-state index is 12.9. The molecule has 1 amide bonds. The smallest absolute Gasteiger partial charge is 0.253 e. The van der Waals surface area contributed by atoms with Crippen LogP contribution in [0, 0.1) is 6.92 Å². The van der Waals surface area contributed by atoms with Crippen LogP contribution in [0.15, 0.2) is 53.4 Å². The lowest BCUT2D eigenvalue weighted by Gasteiger charge is -2.36. The van der Waals surface area contributed by atoms with Gasteiger partial charge in [0.25, 0.3) is 5.91 Å². The van der Waals surface area contributed by atoms with E-state index in [2.05, 4.69) is 36.1 Å². The number of rotatable bonds is 4. The highest BCUT2D eigenvalue weighted by atomic mass is 32.2. The van der Waals surface area contributed by atoms with E-state index in [-0.39, 0.29) is 10.8 Å². The van der Waals surface area contributed by atoms with Crippen molar-refractivity contribution in [1.29, 1.82) is 0 Å². The van der Waals surface area contributed by atoms with E-state index in [4.69, 9.17) is 4.74 Å². The van der Waals surface area contributed by atoms with Crippen LogP contribution in [0.1, 0.15) is 15.9 Å². The van der Waals surface area contributed by atoms with Crippen molar-refractivity contribution < 1.29 is 17.9 Å². The second-order valence-corrected chi connectivity index (χ2v) is 9.60. The first-order valence-corrected chi connectivity index (χ1v) is 11.7. The highest BCUT2D eigenvalue weighted by Gasteiger charge is 2.27. The minimum absolute atomic E-state index is 0.0609. The zero-order valence-electron chi connectivity index (χ0n) is 17.2. The van der Waals surface area contributed by atoms with Gasteiger partial charge in [-0.05, 0) is 48.9 Å². The molecule has 0 saturated carbocycles. The Hall–Kier alpha value is -2.42. The number of hydrogen-bond acceptors (Lipinski definition) is 5. The van der Waals surface area contributed by atoms with Crippen molar-refractivity contribution in [2.24, 2.45) is 0 Å². The summed E-state index contributed by atoms with van der Waals surface area (Å²) in [6.07, 6.45) is 0. The van der Waals surface area contributed by atoms with Crippen molar-refractivity contribution in [3.63, 3.8) is 0 Å². The van der Waals surface area contributed by atoms with E-state index < -0.39 is 10.0 Å². The molecule has 2 saturated heterocycles. The maximum Gasteiger partial charge on any atom is 0.253 e. The molecule has 7 nitrogen and oxygen atoms in total. The van der Waals surface area contributed by atoms with E-state index in [0.717, 1.165) is 13.1 Å². The van der Waals surface area contributed by atoms with Gasteiger partial charge in [0.2, 0.25) is 10.0 Å². The topological polar surface area (TPSA) is 70.2 Å². The summed E-state index contributed by atoms with van der Waals surface area (Å²) in [7, 11) is -3.55. The Morgan fingerprint density at radius 3 is 2.20 bits per heavy atom. The number of nitrogens with zero attached hydrogens (tertiary/aromatic N) is 3. The van der Waals surface area contributed by atoms with Crippen molar-refractivity contribution in [3.8, 4) is 0 Å². The molecule has 2 aliphatic heterocycles. The molecule has 0 aromatic heterocycles. The number of anilines is 1. The molecule has 2 aliphatic rings. The lowest BCUT2D eigenvalue weighted by Crippen LogP contribution is -2.48. The van der Waals surface area contributed by atoms with E-state index in [0.29, 0.717) is 45.0 Å². The Kier molecular flexibility index (Phi) is 6.08. The molecule has 2 aromatic rings. The summed E-state index contributed by atoms with van der Waals surface area (Å²) < 4.78 is 32.1. The van der Waals surface area contributed by atoms with Crippen LogP contribution in [0.4, 0.5) is 5.69 Å². The first kappa shape index (κ1) is 20.8. The van der Waals surface area contributed by atoms with E-state index in [1.807, 2.05) is 4.90 Å². The molecule has 4 rings (SSSR count). The number of carbonyl (C=O) groups is 1. The summed E-state index contributed by atoms with van der Waals surface area (Å²) in [5.41, 5.74) is 2.91. The molecule has 8 heteroatoms. The van der Waals surface area contributed by atoms with Crippen LogP contribution in [0.3, 0.4) is 0 Å². The Balaban J connectivity index is 1.39. The molecule has 0 atom stereocenters. The van der Waals surface area contributed by atoms with Gasteiger partial charge in [0.1, 0.15) is 0 Å². The predicted octanol–water partition coefficient (Wildman–Crippen LogP) is 1.98. The minimum atomic E-state index is -3.55. The van der Waals surface area contributed by atoms with Crippen molar-refractivity contribution in [2.75, 3.05) is 57.4 Å². The van der Waals surface area contributed by atoms with Crippen LogP contribution in [0.25, 0.3) is 0 Å². The Labute approximate surface area is 177 Å². The van der Waals surface area contributed by atoms with Gasteiger partial charge in [-0.15, -0.1) is 0 Å². The fraction of sp³-hybridized carbons (Fsp3) is 0.409. The number of carbonyl (C=O) groups excluding carboxylic acids is 1. The molecule has 0 N–H and O–H groups in total. The first-order chi connectivity index (χ1) is 14.4. The van der Waals surface area contributed by atoms with Gasteiger partial charge >= 0.3 is 0 Å². The Morgan fingerprint density at radius 2 is 1.57 bits per heavy atom. The summed E-state index contributed by atoms with van der Waals surface area (Å²) in [5, 5.41) is 0. The number of ether oxygens (including phenoxy) is 1. The molecule has 0 unspecified atom stereocenters. The van der Waals surface area contributed by atoms with Crippen LogP contribution in [0.5, 0.6) is 0 Å². The molecule has 2 aromatic carbocycles. The van der Waals surface area contributed by atoms with Crippen LogP contribution in [0.2, 0.25) is 0 Å². The summed E-state index contributed by atoms with van der Waals surface area (Å²) in [5.74, 6) is -0.0609. The third-order valence-corrected chi connectivity index (χ3v) is 7.56. The van der Waals surface area contributed by atoms with Crippen LogP contribution in [-0.2, 0) is 14.8 Å². The van der Waals surface area contributed by atoms with Gasteiger partial charge in [0.15, 0.2) is 0 Å². The second kappa shape index (κ2) is 8.75. The molecule has 160 valence electrons. The fourth-order valence-corrected chi connectivity index (χ4v) is 5.29. The fourth-order valence-electron chi connectivity index (χ4n) is 3.88. The minimum Gasteiger partial charge on any atom is -0.379 e. The molecule has 0 radical (unpaired) electrons. The molecule has 30 heavy (non-hydrogen) atoms. The van der Waals surface area contributed by atoms with Gasteiger partial charge in [-0.1, -0.05) is 12.1 Å². The van der Waals surface area contributed by atoms with Gasteiger partial charge in [0.05, 0.1) is 18.1 Å². The summed E-state index contributed by atoms with van der Waals surface area (Å²) in [6.45, 7) is 6.43. The Bertz CT molecular complexity index is 993. The number of sulfonamides is 1. The molecular formula is C22H27N3O4S. The predicted molar refractivity (Wildman–Crippen MR) is 115 cm³/mol. The average molecular weight is 430 g/mol. The molecule has 0 spiro atoms. The summed E-state index contributed by atoms with van der Waals surface area (Å²) in [6, 6.07) is 14.7. The molecule has 2 fully saturated rings. The van der Waals surface area contributed by atoms with Crippen molar-refractivity contribution in [1.82, 2.24) is 9.21 Å². The van der Waals surface area contributed by atoms with Crippen molar-refractivity contribution in [3.05, 3.63) is 59.7 Å². The second-order valence-electron chi connectivity index (χ2n) is 7.66. The van der Waals surface area contributed by atoms with Gasteiger partial charge in [-0.25, -0.2) is 8.42 Å². The number of benzene rings is 2. The lowest BCUT2D eigenvalue weighted by atomic mass is 10.1. The van der Waals surface area contributed by atoms with Gasteiger partial charge in [-0.3, -0.25) is 4.79 Å². The van der Waals surface area contributed by atoms with Crippen molar-refractivity contribution >= 4 is 21.6 Å². The first-order valence-electron chi connectivity index (χ1n) is 10.2. The van der Waals surface area contributed by atoms with E-state index in [9.17, 15) is 13.2 Å². The van der Waals surface area contributed by atoms with Crippen LogP contribution < -0.4 is 4.90 Å². The molecule has 0 aliphatic carbocycles. The van der Waals surface area contributed by atoms with Gasteiger partial charge in [-0.2, -0.15) is 4.31 Å². The third kappa shape index (κ3) is 4.35. The lowest BCUT2D eigenvalue weighted by molar-refractivity contribution is 0.0730. The van der Waals surface area contributed by atoms with Gasteiger partial charge < -0.3 is 14.5 Å². The van der Waals surface area contributed by atoms with Crippen LogP contribution in [-0.4, -0.2) is 76.0 Å². The highest BCUT2D eigenvalue weighted by Crippen LogP contribution is 2.21. The molecule has 0 bridgehead atoms. The maximum absolute atomic E-state index is 12.9. The largest absolute Gasteiger partial charge is 0.379 e. The monoisotopic (exact) mass is 429 g/mol. The standard InChI is InChI=1S/C22H27N3O4S/c1-18-3-2-4-20(17-18)23-9-11-24(12-10-23)22(26)19-5-7-21(8-6-19)30(27,28)25-13-15-29-16-14-25/h2-8,17H,9-16H2,1H3. The third-order valence-electron chi connectivity index (χ3n) is 5.64. The number of amides is 1. The number of hydrogen-bond donors (Lipinski definition) is 0. The number of piperazine rings is 1. The average Bonchev–Trinajstić information content (AvgIpc) is 2.79. The molecule has 2 heterocycles. The quantitative estimate of drug-likeness (QED) is 0.743. The number of morpholine rings is 1. The Morgan fingerprint density at radius 1 is 0.900 bits per heavy atom. The molecular weight excluding hydrogens is 402 g/mol. The van der Waals surface area contributed by atoms with E-state index in [1.54, 1.807) is 12.1 Å². The normalized spacial score (nSPS) is 18.4.